The van der Waals surface area contributed by atoms with Crippen LogP contribution in [-0.4, -0.2) is 45.1 Å². The molecule has 1 saturated heterocycles. The Morgan fingerprint density at radius 2 is 2.29 bits per heavy atom. The second kappa shape index (κ2) is 5.85. The maximum atomic E-state index is 11.3. The summed E-state index contributed by atoms with van der Waals surface area (Å²) >= 11 is 0. The second-order valence-electron chi connectivity index (χ2n) is 5.72. The molecule has 3 rings (SSSR count). The van der Waals surface area contributed by atoms with E-state index in [2.05, 4.69) is 27.1 Å². The molecule has 2 aromatic rings. The lowest BCUT2D eigenvalue weighted by Gasteiger charge is -2.35. The summed E-state index contributed by atoms with van der Waals surface area (Å²) in [5.74, 6) is -0.210. The minimum atomic E-state index is -0.702. The number of carboxylic acid groups (broad SMARTS) is 1. The number of fused-ring (bicyclic) bond motifs is 1. The lowest BCUT2D eigenvalue weighted by Crippen LogP contribution is -2.44. The van der Waals surface area contributed by atoms with Crippen molar-refractivity contribution >= 4 is 17.0 Å². The number of pyridine rings is 1. The standard InChI is InChI=1S/C16H21N3O2/c1-2-14(16(20)21)19-8-5-11(6-9-19)13-10-18-15-12(13)4-3-7-17-15/h3-4,7,10-11,14H,2,5-6,8-9H2,1H3,(H,17,18)(H,20,21). The van der Waals surface area contributed by atoms with Gasteiger partial charge in [-0.3, -0.25) is 9.69 Å². The van der Waals surface area contributed by atoms with E-state index in [1.807, 2.05) is 13.0 Å². The Balaban J connectivity index is 1.72. The van der Waals surface area contributed by atoms with Gasteiger partial charge in [-0.25, -0.2) is 4.98 Å². The molecule has 5 heteroatoms. The van der Waals surface area contributed by atoms with Gasteiger partial charge in [0.25, 0.3) is 0 Å². The van der Waals surface area contributed by atoms with Crippen molar-refractivity contribution in [3.63, 3.8) is 0 Å². The molecular weight excluding hydrogens is 266 g/mol. The van der Waals surface area contributed by atoms with E-state index in [0.717, 1.165) is 31.6 Å². The number of aliphatic carboxylic acids is 1. The van der Waals surface area contributed by atoms with E-state index in [9.17, 15) is 9.90 Å². The van der Waals surface area contributed by atoms with Crippen LogP contribution in [0, 0.1) is 0 Å². The highest BCUT2D eigenvalue weighted by molar-refractivity contribution is 5.80. The van der Waals surface area contributed by atoms with Gasteiger partial charge in [0.1, 0.15) is 11.7 Å². The first-order chi connectivity index (χ1) is 10.2. The average Bonchev–Trinajstić information content (AvgIpc) is 2.92. The number of carboxylic acids is 1. The van der Waals surface area contributed by atoms with Crippen LogP contribution < -0.4 is 0 Å². The fourth-order valence-corrected chi connectivity index (χ4v) is 3.43. The molecule has 1 atom stereocenters. The summed E-state index contributed by atoms with van der Waals surface area (Å²) in [5.41, 5.74) is 2.26. The third kappa shape index (κ3) is 2.65. The van der Waals surface area contributed by atoms with E-state index in [4.69, 9.17) is 0 Å². The highest BCUT2D eigenvalue weighted by atomic mass is 16.4. The molecule has 0 amide bonds. The number of nitrogens with one attached hydrogen (secondary N) is 1. The topological polar surface area (TPSA) is 69.2 Å². The highest BCUT2D eigenvalue weighted by Gasteiger charge is 2.29. The smallest absolute Gasteiger partial charge is 0.320 e. The largest absolute Gasteiger partial charge is 0.480 e. The van der Waals surface area contributed by atoms with Crippen LogP contribution in [0.15, 0.2) is 24.5 Å². The van der Waals surface area contributed by atoms with Crippen LogP contribution in [0.3, 0.4) is 0 Å². The maximum Gasteiger partial charge on any atom is 0.320 e. The zero-order valence-electron chi connectivity index (χ0n) is 12.2. The van der Waals surface area contributed by atoms with Crippen molar-refractivity contribution in [3.05, 3.63) is 30.1 Å². The zero-order valence-corrected chi connectivity index (χ0v) is 12.2. The molecular formula is C16H21N3O2. The van der Waals surface area contributed by atoms with Crippen molar-refractivity contribution in [1.82, 2.24) is 14.9 Å². The normalized spacial score (nSPS) is 18.9. The number of piperidine rings is 1. The number of aromatic amines is 1. The molecule has 2 aromatic heterocycles. The van der Waals surface area contributed by atoms with Crippen molar-refractivity contribution < 1.29 is 9.90 Å². The van der Waals surface area contributed by atoms with Crippen molar-refractivity contribution in [1.29, 1.82) is 0 Å². The van der Waals surface area contributed by atoms with Crippen molar-refractivity contribution in [2.24, 2.45) is 0 Å². The first-order valence-electron chi connectivity index (χ1n) is 7.59. The number of likely N-dealkylation sites (tertiary alicyclic amines) is 1. The molecule has 0 aromatic carbocycles. The molecule has 21 heavy (non-hydrogen) atoms. The molecule has 0 radical (unpaired) electrons. The second-order valence-corrected chi connectivity index (χ2v) is 5.72. The summed E-state index contributed by atoms with van der Waals surface area (Å²) in [6.07, 6.45) is 6.53. The van der Waals surface area contributed by atoms with E-state index >= 15 is 0 Å². The van der Waals surface area contributed by atoms with Gasteiger partial charge in [0, 0.05) is 17.8 Å². The SMILES string of the molecule is CCC(C(=O)O)N1CCC(c2c[nH]c3ncccc23)CC1. The minimum absolute atomic E-state index is 0.337. The van der Waals surface area contributed by atoms with Crippen LogP contribution in [0.4, 0.5) is 0 Å². The monoisotopic (exact) mass is 287 g/mol. The lowest BCUT2D eigenvalue weighted by molar-refractivity contribution is -0.143. The summed E-state index contributed by atoms with van der Waals surface area (Å²) in [7, 11) is 0. The van der Waals surface area contributed by atoms with Crippen LogP contribution in [-0.2, 0) is 4.79 Å². The Hall–Kier alpha value is -1.88. The third-order valence-corrected chi connectivity index (χ3v) is 4.57. The van der Waals surface area contributed by atoms with Gasteiger partial charge in [0.2, 0.25) is 0 Å². The van der Waals surface area contributed by atoms with Crippen LogP contribution in [0.5, 0.6) is 0 Å². The molecule has 3 heterocycles. The predicted molar refractivity (Wildman–Crippen MR) is 81.4 cm³/mol. The lowest BCUT2D eigenvalue weighted by atomic mass is 9.89. The Labute approximate surface area is 124 Å². The number of hydrogen-bond acceptors (Lipinski definition) is 3. The van der Waals surface area contributed by atoms with Gasteiger partial charge in [0.15, 0.2) is 0 Å². The number of H-pyrrole nitrogens is 1. The molecule has 1 fully saturated rings. The van der Waals surface area contributed by atoms with Crippen LogP contribution >= 0.6 is 0 Å². The van der Waals surface area contributed by atoms with Gasteiger partial charge in [-0.2, -0.15) is 0 Å². The Bertz CT molecular complexity index is 629. The van der Waals surface area contributed by atoms with Gasteiger partial charge >= 0.3 is 5.97 Å². The number of nitrogens with zero attached hydrogens (tertiary/aromatic N) is 2. The van der Waals surface area contributed by atoms with Gasteiger partial charge in [-0.05, 0) is 56.0 Å². The van der Waals surface area contributed by atoms with Crippen LogP contribution in [0.1, 0.15) is 37.7 Å². The van der Waals surface area contributed by atoms with Gasteiger partial charge < -0.3 is 10.1 Å². The summed E-state index contributed by atoms with van der Waals surface area (Å²) in [4.78, 5) is 20.9. The summed E-state index contributed by atoms with van der Waals surface area (Å²) < 4.78 is 0. The van der Waals surface area contributed by atoms with Gasteiger partial charge in [0.05, 0.1) is 0 Å². The summed E-state index contributed by atoms with van der Waals surface area (Å²) in [6.45, 7) is 3.64. The highest BCUT2D eigenvalue weighted by Crippen LogP contribution is 2.33. The molecule has 1 aliphatic rings. The number of rotatable bonds is 4. The van der Waals surface area contributed by atoms with Crippen LogP contribution in [0.2, 0.25) is 0 Å². The molecule has 2 N–H and O–H groups in total. The van der Waals surface area contributed by atoms with Crippen molar-refractivity contribution in [2.75, 3.05) is 13.1 Å². The van der Waals surface area contributed by atoms with Crippen molar-refractivity contribution in [2.45, 2.75) is 38.1 Å². The van der Waals surface area contributed by atoms with Gasteiger partial charge in [-0.1, -0.05) is 6.92 Å². The third-order valence-electron chi connectivity index (χ3n) is 4.57. The first-order valence-corrected chi connectivity index (χ1v) is 7.59. The first kappa shape index (κ1) is 14.1. The molecule has 0 aliphatic carbocycles. The number of aromatic nitrogens is 2. The minimum Gasteiger partial charge on any atom is -0.480 e. The maximum absolute atomic E-state index is 11.3. The quantitative estimate of drug-likeness (QED) is 0.907. The average molecular weight is 287 g/mol. The summed E-state index contributed by atoms with van der Waals surface area (Å²) in [5, 5.41) is 10.5. The van der Waals surface area contributed by atoms with E-state index in [-0.39, 0.29) is 6.04 Å². The van der Waals surface area contributed by atoms with E-state index in [1.54, 1.807) is 6.20 Å². The molecule has 0 bridgehead atoms. The fraction of sp³-hybridized carbons (Fsp3) is 0.500. The van der Waals surface area contributed by atoms with E-state index in [1.165, 1.54) is 10.9 Å². The van der Waals surface area contributed by atoms with E-state index < -0.39 is 5.97 Å². The zero-order chi connectivity index (χ0) is 14.8. The molecule has 0 saturated carbocycles. The fourth-order valence-electron chi connectivity index (χ4n) is 3.43. The molecule has 112 valence electrons. The Kier molecular flexibility index (Phi) is 3.92. The van der Waals surface area contributed by atoms with Crippen LogP contribution in [0.25, 0.3) is 11.0 Å². The Morgan fingerprint density at radius 3 is 2.95 bits per heavy atom. The predicted octanol–water partition coefficient (Wildman–Crippen LogP) is 2.61. The Morgan fingerprint density at radius 1 is 1.52 bits per heavy atom. The molecule has 0 spiro atoms. The molecule has 1 unspecified atom stereocenters. The molecule has 1 aliphatic heterocycles. The summed E-state index contributed by atoms with van der Waals surface area (Å²) in [6, 6.07) is 3.73. The number of hydrogen-bond donors (Lipinski definition) is 2. The molecule has 5 nitrogen and oxygen atoms in total. The number of carbonyl (C=O) groups is 1. The van der Waals surface area contributed by atoms with Gasteiger partial charge in [-0.15, -0.1) is 0 Å². The van der Waals surface area contributed by atoms with E-state index in [0.29, 0.717) is 12.3 Å². The van der Waals surface area contributed by atoms with Crippen molar-refractivity contribution in [3.8, 4) is 0 Å².